The Balaban J connectivity index is 1.50. The number of hydrogen-bond donors (Lipinski definition) is 0. The second-order valence-electron chi connectivity index (χ2n) is 6.09. The van der Waals surface area contributed by atoms with E-state index in [1.54, 1.807) is 42.5 Å². The lowest BCUT2D eigenvalue weighted by Crippen LogP contribution is -2.18. The van der Waals surface area contributed by atoms with Gasteiger partial charge in [0, 0.05) is 6.42 Å². The summed E-state index contributed by atoms with van der Waals surface area (Å²) < 4.78 is 15.9. The van der Waals surface area contributed by atoms with Gasteiger partial charge in [-0.3, -0.25) is 0 Å². The molecular weight excluding hydrogens is 392 g/mol. The normalized spacial score (nSPS) is 10.2. The average Bonchev–Trinajstić information content (AvgIpc) is 2.74. The van der Waals surface area contributed by atoms with Crippen molar-refractivity contribution in [3.8, 4) is 11.5 Å². The molecule has 148 valence electrons. The first kappa shape index (κ1) is 20.4. The SMILES string of the molecule is O=C(COc1ccccc1Cl)Oc1cccc(C(=O)OCCc2ccccc2)c1. The molecule has 0 aliphatic carbocycles. The second kappa shape index (κ2) is 10.3. The van der Waals surface area contributed by atoms with Crippen molar-refractivity contribution in [2.75, 3.05) is 13.2 Å². The highest BCUT2D eigenvalue weighted by molar-refractivity contribution is 6.32. The minimum absolute atomic E-state index is 0.232. The molecule has 0 unspecified atom stereocenters. The van der Waals surface area contributed by atoms with E-state index in [4.69, 9.17) is 25.8 Å². The lowest BCUT2D eigenvalue weighted by atomic mass is 10.2. The van der Waals surface area contributed by atoms with Crippen LogP contribution in [0.4, 0.5) is 0 Å². The molecule has 0 saturated heterocycles. The summed E-state index contributed by atoms with van der Waals surface area (Å²) in [5.41, 5.74) is 1.39. The van der Waals surface area contributed by atoms with Gasteiger partial charge in [-0.25, -0.2) is 9.59 Å². The molecule has 0 spiro atoms. The molecule has 29 heavy (non-hydrogen) atoms. The Labute approximate surface area is 173 Å². The van der Waals surface area contributed by atoms with Crippen molar-refractivity contribution >= 4 is 23.5 Å². The van der Waals surface area contributed by atoms with Crippen molar-refractivity contribution < 1.29 is 23.8 Å². The van der Waals surface area contributed by atoms with Gasteiger partial charge in [-0.15, -0.1) is 0 Å². The topological polar surface area (TPSA) is 61.8 Å². The van der Waals surface area contributed by atoms with Crippen LogP contribution >= 0.6 is 11.6 Å². The number of hydrogen-bond acceptors (Lipinski definition) is 5. The van der Waals surface area contributed by atoms with Crippen LogP contribution in [0.2, 0.25) is 5.02 Å². The van der Waals surface area contributed by atoms with Gasteiger partial charge in [-0.05, 0) is 35.9 Å². The van der Waals surface area contributed by atoms with Crippen LogP contribution < -0.4 is 9.47 Å². The number of carbonyl (C=O) groups is 2. The minimum atomic E-state index is -0.612. The molecule has 0 aromatic heterocycles. The maximum atomic E-state index is 12.2. The van der Waals surface area contributed by atoms with Crippen LogP contribution in [-0.4, -0.2) is 25.2 Å². The summed E-state index contributed by atoms with van der Waals surface area (Å²) in [5.74, 6) is -0.470. The molecule has 0 saturated carbocycles. The van der Waals surface area contributed by atoms with E-state index in [0.717, 1.165) is 5.56 Å². The largest absolute Gasteiger partial charge is 0.480 e. The van der Waals surface area contributed by atoms with E-state index in [2.05, 4.69) is 0 Å². The monoisotopic (exact) mass is 410 g/mol. The molecule has 3 rings (SSSR count). The summed E-state index contributed by atoms with van der Waals surface area (Å²) in [4.78, 5) is 24.2. The van der Waals surface area contributed by atoms with E-state index >= 15 is 0 Å². The van der Waals surface area contributed by atoms with E-state index in [1.807, 2.05) is 30.3 Å². The molecule has 0 aliphatic rings. The first-order valence-electron chi connectivity index (χ1n) is 9.01. The van der Waals surface area contributed by atoms with Gasteiger partial charge in [0.2, 0.25) is 0 Å². The fraction of sp³-hybridized carbons (Fsp3) is 0.130. The predicted molar refractivity (Wildman–Crippen MR) is 109 cm³/mol. The van der Waals surface area contributed by atoms with Gasteiger partial charge in [0.25, 0.3) is 0 Å². The van der Waals surface area contributed by atoms with Crippen LogP contribution in [0.15, 0.2) is 78.9 Å². The summed E-state index contributed by atoms with van der Waals surface area (Å²) in [7, 11) is 0. The zero-order valence-electron chi connectivity index (χ0n) is 15.5. The summed E-state index contributed by atoms with van der Waals surface area (Å²) in [5, 5.41) is 0.403. The smallest absolute Gasteiger partial charge is 0.349 e. The molecule has 0 N–H and O–H groups in total. The van der Waals surface area contributed by atoms with E-state index in [1.165, 1.54) is 6.07 Å². The quantitative estimate of drug-likeness (QED) is 0.397. The summed E-state index contributed by atoms with van der Waals surface area (Å²) >= 11 is 5.98. The van der Waals surface area contributed by atoms with Crippen molar-refractivity contribution in [1.82, 2.24) is 0 Å². The third-order valence-corrected chi connectivity index (χ3v) is 4.26. The molecule has 3 aromatic rings. The van der Waals surface area contributed by atoms with Crippen LogP contribution in [0.5, 0.6) is 11.5 Å². The van der Waals surface area contributed by atoms with Crippen LogP contribution in [0.3, 0.4) is 0 Å². The third-order valence-electron chi connectivity index (χ3n) is 3.95. The van der Waals surface area contributed by atoms with Crippen molar-refractivity contribution in [2.24, 2.45) is 0 Å². The molecule has 5 nitrogen and oxygen atoms in total. The van der Waals surface area contributed by atoms with Gasteiger partial charge < -0.3 is 14.2 Å². The van der Waals surface area contributed by atoms with Crippen molar-refractivity contribution in [3.63, 3.8) is 0 Å². The number of esters is 2. The van der Waals surface area contributed by atoms with Crippen molar-refractivity contribution in [1.29, 1.82) is 0 Å². The van der Waals surface area contributed by atoms with Crippen LogP contribution in [0.25, 0.3) is 0 Å². The Bertz CT molecular complexity index is 972. The molecule has 0 fully saturated rings. The zero-order valence-corrected chi connectivity index (χ0v) is 16.3. The molecule has 3 aromatic carbocycles. The van der Waals surface area contributed by atoms with E-state index in [0.29, 0.717) is 22.8 Å². The number of benzene rings is 3. The molecule has 0 aliphatic heterocycles. The Hall–Kier alpha value is -3.31. The molecule has 0 heterocycles. The summed E-state index contributed by atoms with van der Waals surface area (Å²) in [6.45, 7) is -0.0476. The molecular formula is C23H19ClO5. The lowest BCUT2D eigenvalue weighted by molar-refractivity contribution is -0.136. The Morgan fingerprint density at radius 1 is 0.862 bits per heavy atom. The lowest BCUT2D eigenvalue weighted by Gasteiger charge is -2.09. The maximum Gasteiger partial charge on any atom is 0.349 e. The minimum Gasteiger partial charge on any atom is -0.480 e. The number of rotatable bonds is 8. The molecule has 6 heteroatoms. The van der Waals surface area contributed by atoms with E-state index in [-0.39, 0.29) is 19.0 Å². The molecule has 0 atom stereocenters. The van der Waals surface area contributed by atoms with E-state index in [9.17, 15) is 9.59 Å². The van der Waals surface area contributed by atoms with Crippen LogP contribution in [0, 0.1) is 0 Å². The highest BCUT2D eigenvalue weighted by Crippen LogP contribution is 2.23. The fourth-order valence-corrected chi connectivity index (χ4v) is 2.73. The second-order valence-corrected chi connectivity index (χ2v) is 6.50. The highest BCUT2D eigenvalue weighted by atomic mass is 35.5. The number of ether oxygens (including phenoxy) is 3. The third kappa shape index (κ3) is 6.36. The molecule has 0 bridgehead atoms. The van der Waals surface area contributed by atoms with Gasteiger partial charge in [-0.1, -0.05) is 60.1 Å². The van der Waals surface area contributed by atoms with Crippen molar-refractivity contribution in [3.05, 3.63) is 95.0 Å². The summed E-state index contributed by atoms with van der Waals surface area (Å²) in [6, 6.07) is 22.8. The van der Waals surface area contributed by atoms with E-state index < -0.39 is 11.9 Å². The van der Waals surface area contributed by atoms with Gasteiger partial charge in [0.05, 0.1) is 17.2 Å². The number of para-hydroxylation sites is 1. The first-order chi connectivity index (χ1) is 14.1. The van der Waals surface area contributed by atoms with Crippen LogP contribution in [-0.2, 0) is 16.0 Å². The average molecular weight is 411 g/mol. The maximum absolute atomic E-state index is 12.2. The highest BCUT2D eigenvalue weighted by Gasteiger charge is 2.12. The van der Waals surface area contributed by atoms with Gasteiger partial charge >= 0.3 is 11.9 Å². The Morgan fingerprint density at radius 3 is 2.41 bits per heavy atom. The number of carbonyl (C=O) groups excluding carboxylic acids is 2. The Kier molecular flexibility index (Phi) is 7.25. The van der Waals surface area contributed by atoms with Gasteiger partial charge in [0.15, 0.2) is 6.61 Å². The van der Waals surface area contributed by atoms with Gasteiger partial charge in [0.1, 0.15) is 11.5 Å². The summed E-state index contributed by atoms with van der Waals surface area (Å²) in [6.07, 6.45) is 0.626. The predicted octanol–water partition coefficient (Wildman–Crippen LogP) is 4.72. The van der Waals surface area contributed by atoms with Crippen LogP contribution in [0.1, 0.15) is 15.9 Å². The first-order valence-corrected chi connectivity index (χ1v) is 9.39. The number of halogens is 1. The fourth-order valence-electron chi connectivity index (χ4n) is 2.54. The molecule has 0 amide bonds. The van der Waals surface area contributed by atoms with Gasteiger partial charge in [-0.2, -0.15) is 0 Å². The van der Waals surface area contributed by atoms with Crippen molar-refractivity contribution in [2.45, 2.75) is 6.42 Å². The molecule has 0 radical (unpaired) electrons. The zero-order chi connectivity index (χ0) is 20.5. The standard InChI is InChI=1S/C23H19ClO5/c24-20-11-4-5-12-21(20)28-16-22(25)29-19-10-6-9-18(15-19)23(26)27-14-13-17-7-2-1-3-8-17/h1-12,15H,13-14,16H2. The Morgan fingerprint density at radius 2 is 1.62 bits per heavy atom.